The molecule has 0 unspecified atom stereocenters. The second kappa shape index (κ2) is 2.39. The third kappa shape index (κ3) is 1.45. The smallest absolute Gasteiger partial charge is 0.307 e. The highest BCUT2D eigenvalue weighted by atomic mass is 79.9. The number of nitrogens with zero attached hydrogens (tertiary/aromatic N) is 1. The Hall–Kier alpha value is -0.510. The van der Waals surface area contributed by atoms with E-state index in [1.807, 2.05) is 0 Å². The predicted octanol–water partition coefficient (Wildman–Crippen LogP) is 0.428. The number of hydrogen-bond acceptors (Lipinski definition) is 2. The van der Waals surface area contributed by atoms with Crippen LogP contribution in [-0.2, 0) is 0 Å². The molecule has 0 aromatic heterocycles. The Morgan fingerprint density at radius 3 is 2.89 bits per heavy atom. The summed E-state index contributed by atoms with van der Waals surface area (Å²) >= 11 is 3.28. The summed E-state index contributed by atoms with van der Waals surface area (Å²) in [6, 6.07) is 0. The molecule has 0 spiro atoms. The molecular weight excluding hydrogens is 184 g/mol. The van der Waals surface area contributed by atoms with Crippen LogP contribution in [-0.4, -0.2) is 22.3 Å². The molecule has 3 N–H and O–H groups in total. The summed E-state index contributed by atoms with van der Waals surface area (Å²) in [5.74, 6) is 0.396. The Morgan fingerprint density at radius 2 is 2.44 bits per heavy atom. The van der Waals surface area contributed by atoms with Gasteiger partial charge in [0.15, 0.2) is 0 Å². The van der Waals surface area contributed by atoms with E-state index in [9.17, 15) is 0 Å². The Balaban J connectivity index is 2.83. The molecule has 0 aromatic rings. The van der Waals surface area contributed by atoms with Gasteiger partial charge in [0, 0.05) is 17.0 Å². The van der Waals surface area contributed by atoms with Crippen molar-refractivity contribution in [3.8, 4) is 0 Å². The van der Waals surface area contributed by atoms with Gasteiger partial charge < -0.3 is 5.21 Å². The lowest BCUT2D eigenvalue weighted by molar-refractivity contribution is -0.774. The molecule has 1 heterocycles. The van der Waals surface area contributed by atoms with Crippen LogP contribution in [0.15, 0.2) is 10.6 Å². The minimum Gasteiger partial charge on any atom is -0.355 e. The van der Waals surface area contributed by atoms with E-state index in [1.165, 1.54) is 0 Å². The molecule has 0 amide bonds. The Kier molecular flexibility index (Phi) is 1.75. The van der Waals surface area contributed by atoms with Crippen LogP contribution in [0.1, 0.15) is 6.42 Å². The van der Waals surface area contributed by atoms with Crippen LogP contribution >= 0.6 is 15.9 Å². The van der Waals surface area contributed by atoms with Gasteiger partial charge in [-0.3, -0.25) is 5.73 Å². The second-order valence-corrected chi connectivity index (χ2v) is 2.91. The first-order chi connectivity index (χ1) is 4.20. The summed E-state index contributed by atoms with van der Waals surface area (Å²) in [4.78, 5) is 0. The highest BCUT2D eigenvalue weighted by Gasteiger charge is 2.11. The van der Waals surface area contributed by atoms with Gasteiger partial charge in [-0.2, -0.15) is 0 Å². The average molecular weight is 192 g/mol. The summed E-state index contributed by atoms with van der Waals surface area (Å²) in [5, 5.41) is 8.90. The highest BCUT2D eigenvalue weighted by molar-refractivity contribution is 9.11. The maximum atomic E-state index is 8.90. The van der Waals surface area contributed by atoms with Gasteiger partial charge in [0.05, 0.1) is 0 Å². The van der Waals surface area contributed by atoms with E-state index in [0.717, 1.165) is 15.6 Å². The van der Waals surface area contributed by atoms with Gasteiger partial charge in [-0.25, -0.2) is 0 Å². The fourth-order valence-electron chi connectivity index (χ4n) is 0.649. The molecule has 0 atom stereocenters. The van der Waals surface area contributed by atoms with Gasteiger partial charge >= 0.3 is 5.84 Å². The number of halogens is 1. The SMILES string of the molecule is NC1=[N+](O)CCC(Br)=C1. The van der Waals surface area contributed by atoms with E-state index in [0.29, 0.717) is 12.4 Å². The Bertz CT molecular complexity index is 185. The zero-order chi connectivity index (χ0) is 6.85. The third-order valence-corrected chi connectivity index (χ3v) is 1.79. The van der Waals surface area contributed by atoms with Crippen molar-refractivity contribution in [2.75, 3.05) is 6.54 Å². The molecule has 4 heteroatoms. The van der Waals surface area contributed by atoms with Crippen molar-refractivity contribution in [3.63, 3.8) is 0 Å². The number of nitrogens with two attached hydrogens (primary N) is 1. The molecule has 1 aliphatic heterocycles. The van der Waals surface area contributed by atoms with E-state index >= 15 is 0 Å². The maximum absolute atomic E-state index is 8.90. The van der Waals surface area contributed by atoms with Gasteiger partial charge in [-0.15, -0.1) is 0 Å². The molecule has 1 rings (SSSR count). The third-order valence-electron chi connectivity index (χ3n) is 1.16. The predicted molar refractivity (Wildman–Crippen MR) is 37.7 cm³/mol. The minimum atomic E-state index is 0.396. The lowest BCUT2D eigenvalue weighted by Crippen LogP contribution is -2.28. The van der Waals surface area contributed by atoms with E-state index < -0.39 is 0 Å². The Labute approximate surface area is 61.6 Å². The lowest BCUT2D eigenvalue weighted by atomic mass is 10.3. The normalized spacial score (nSPS) is 19.9. The molecule has 0 fully saturated rings. The standard InChI is InChI=1S/C5H7BrN2O/c6-4-1-2-8(9)5(7)3-4/h3,7,9H,1-2H2/p+1. The first-order valence-electron chi connectivity index (χ1n) is 2.65. The van der Waals surface area contributed by atoms with E-state index in [2.05, 4.69) is 15.9 Å². The van der Waals surface area contributed by atoms with Crippen molar-refractivity contribution < 1.29 is 9.95 Å². The maximum Gasteiger partial charge on any atom is 0.307 e. The van der Waals surface area contributed by atoms with Crippen LogP contribution in [0.25, 0.3) is 0 Å². The molecule has 0 aliphatic carbocycles. The summed E-state index contributed by atoms with van der Waals surface area (Å²) in [6.07, 6.45) is 2.51. The van der Waals surface area contributed by atoms with Crippen LogP contribution in [0.5, 0.6) is 0 Å². The fraction of sp³-hybridized carbons (Fsp3) is 0.400. The largest absolute Gasteiger partial charge is 0.355 e. The number of amidine groups is 1. The quantitative estimate of drug-likeness (QED) is 0.431. The average Bonchev–Trinajstić information content (AvgIpc) is 1.80. The summed E-state index contributed by atoms with van der Waals surface area (Å²) in [7, 11) is 0. The highest BCUT2D eigenvalue weighted by Crippen LogP contribution is 2.11. The molecule has 0 bridgehead atoms. The molecule has 3 nitrogen and oxygen atoms in total. The first kappa shape index (κ1) is 6.61. The summed E-state index contributed by atoms with van der Waals surface area (Å²) in [6.45, 7) is 0.572. The number of rotatable bonds is 0. The number of hydroxylamine groups is 1. The van der Waals surface area contributed by atoms with Crippen LogP contribution in [0.4, 0.5) is 0 Å². The Morgan fingerprint density at radius 1 is 1.78 bits per heavy atom. The van der Waals surface area contributed by atoms with Crippen LogP contribution in [0, 0.1) is 0 Å². The molecular formula is C5H8BrN2O+. The zero-order valence-electron chi connectivity index (χ0n) is 4.84. The minimum absolute atomic E-state index is 0.396. The van der Waals surface area contributed by atoms with E-state index in [4.69, 9.17) is 10.9 Å². The summed E-state index contributed by atoms with van der Waals surface area (Å²) < 4.78 is 2.07. The van der Waals surface area contributed by atoms with Crippen molar-refractivity contribution >= 4 is 21.8 Å². The van der Waals surface area contributed by atoms with Crippen LogP contribution in [0.3, 0.4) is 0 Å². The molecule has 9 heavy (non-hydrogen) atoms. The molecule has 0 saturated carbocycles. The van der Waals surface area contributed by atoms with Crippen molar-refractivity contribution in [2.45, 2.75) is 6.42 Å². The summed E-state index contributed by atoms with van der Waals surface area (Å²) in [5.41, 5.74) is 5.35. The van der Waals surface area contributed by atoms with Crippen LogP contribution < -0.4 is 5.73 Å². The van der Waals surface area contributed by atoms with Crippen molar-refractivity contribution in [3.05, 3.63) is 10.6 Å². The van der Waals surface area contributed by atoms with Crippen molar-refractivity contribution in [2.24, 2.45) is 5.73 Å². The fourth-order valence-corrected chi connectivity index (χ4v) is 1.06. The van der Waals surface area contributed by atoms with Gasteiger partial charge in [-0.05, 0) is 0 Å². The van der Waals surface area contributed by atoms with Gasteiger partial charge in [0.25, 0.3) is 0 Å². The van der Waals surface area contributed by atoms with E-state index in [-0.39, 0.29) is 0 Å². The van der Waals surface area contributed by atoms with Gasteiger partial charge in [-0.1, -0.05) is 20.7 Å². The van der Waals surface area contributed by atoms with Crippen molar-refractivity contribution in [1.82, 2.24) is 0 Å². The number of hydrogen-bond donors (Lipinski definition) is 2. The van der Waals surface area contributed by atoms with E-state index in [1.54, 1.807) is 6.08 Å². The lowest BCUT2D eigenvalue weighted by Gasteiger charge is -2.04. The molecule has 0 radical (unpaired) electrons. The van der Waals surface area contributed by atoms with Crippen LogP contribution in [0.2, 0.25) is 0 Å². The molecule has 0 aromatic carbocycles. The molecule has 50 valence electrons. The zero-order valence-corrected chi connectivity index (χ0v) is 6.43. The molecule has 1 aliphatic rings. The van der Waals surface area contributed by atoms with Gasteiger partial charge in [0.2, 0.25) is 0 Å². The van der Waals surface area contributed by atoms with Gasteiger partial charge in [0.1, 0.15) is 6.54 Å². The second-order valence-electron chi connectivity index (χ2n) is 1.89. The van der Waals surface area contributed by atoms with Crippen molar-refractivity contribution in [1.29, 1.82) is 0 Å². The monoisotopic (exact) mass is 191 g/mol. The topological polar surface area (TPSA) is 49.3 Å². The molecule has 0 saturated heterocycles. The first-order valence-corrected chi connectivity index (χ1v) is 3.44.